The van der Waals surface area contributed by atoms with E-state index in [0.29, 0.717) is 5.75 Å². The standard InChI is InChI=1S/C9H11ClFNO2/c10-8-3-6(11)1-2-9(8)14-5-7(12)4-13/h1-3,7,13H,4-5,12H2. The molecule has 0 aliphatic carbocycles. The highest BCUT2D eigenvalue weighted by Crippen LogP contribution is 2.24. The Morgan fingerprint density at radius 1 is 1.57 bits per heavy atom. The summed E-state index contributed by atoms with van der Waals surface area (Å²) in [5.74, 6) is -0.0641. The molecule has 0 spiro atoms. The van der Waals surface area contributed by atoms with E-state index in [1.807, 2.05) is 0 Å². The van der Waals surface area contributed by atoms with Crippen LogP contribution in [0.15, 0.2) is 18.2 Å². The van der Waals surface area contributed by atoms with Crippen LogP contribution in [0, 0.1) is 5.82 Å². The predicted octanol–water partition coefficient (Wildman–Crippen LogP) is 1.18. The van der Waals surface area contributed by atoms with Crippen molar-refractivity contribution >= 4 is 11.6 Å². The number of halogens is 2. The van der Waals surface area contributed by atoms with E-state index >= 15 is 0 Å². The van der Waals surface area contributed by atoms with Crippen LogP contribution in [0.5, 0.6) is 5.75 Å². The average Bonchev–Trinajstić information content (AvgIpc) is 2.16. The molecule has 1 aromatic carbocycles. The summed E-state index contributed by atoms with van der Waals surface area (Å²) >= 11 is 5.69. The minimum Gasteiger partial charge on any atom is -0.490 e. The smallest absolute Gasteiger partial charge is 0.138 e. The lowest BCUT2D eigenvalue weighted by atomic mass is 10.3. The summed E-state index contributed by atoms with van der Waals surface area (Å²) in [6, 6.07) is 3.35. The Hall–Kier alpha value is -0.840. The van der Waals surface area contributed by atoms with Gasteiger partial charge in [0.05, 0.1) is 17.7 Å². The Kier molecular flexibility index (Phi) is 4.13. The van der Waals surface area contributed by atoms with Crippen molar-refractivity contribution in [1.82, 2.24) is 0 Å². The first-order valence-corrected chi connectivity index (χ1v) is 4.45. The van der Waals surface area contributed by atoms with Gasteiger partial charge in [0.25, 0.3) is 0 Å². The molecule has 1 atom stereocenters. The van der Waals surface area contributed by atoms with E-state index in [0.717, 1.165) is 6.07 Å². The molecule has 0 saturated carbocycles. The van der Waals surface area contributed by atoms with Gasteiger partial charge in [-0.2, -0.15) is 0 Å². The maximum absolute atomic E-state index is 12.6. The number of aliphatic hydroxyl groups is 1. The molecule has 1 unspecified atom stereocenters. The Morgan fingerprint density at radius 2 is 2.29 bits per heavy atom. The van der Waals surface area contributed by atoms with Crippen LogP contribution in [0.1, 0.15) is 0 Å². The van der Waals surface area contributed by atoms with Gasteiger partial charge in [0.1, 0.15) is 18.2 Å². The number of nitrogens with two attached hydrogens (primary N) is 1. The highest BCUT2D eigenvalue weighted by Gasteiger charge is 2.05. The molecule has 0 radical (unpaired) electrons. The van der Waals surface area contributed by atoms with E-state index in [4.69, 9.17) is 27.2 Å². The van der Waals surface area contributed by atoms with Crippen molar-refractivity contribution in [3.63, 3.8) is 0 Å². The molecule has 1 rings (SSSR count). The van der Waals surface area contributed by atoms with E-state index in [2.05, 4.69) is 0 Å². The number of hydrogen-bond donors (Lipinski definition) is 2. The van der Waals surface area contributed by atoms with Crippen LogP contribution in [0.4, 0.5) is 4.39 Å². The molecule has 14 heavy (non-hydrogen) atoms. The van der Waals surface area contributed by atoms with E-state index < -0.39 is 11.9 Å². The zero-order valence-electron chi connectivity index (χ0n) is 7.41. The molecular weight excluding hydrogens is 209 g/mol. The first-order chi connectivity index (χ1) is 6.63. The quantitative estimate of drug-likeness (QED) is 0.800. The van der Waals surface area contributed by atoms with E-state index in [-0.39, 0.29) is 18.2 Å². The van der Waals surface area contributed by atoms with Crippen LogP contribution in [0.3, 0.4) is 0 Å². The van der Waals surface area contributed by atoms with Gasteiger partial charge in [0, 0.05) is 0 Å². The molecule has 1 aromatic rings. The molecule has 78 valence electrons. The van der Waals surface area contributed by atoms with Crippen LogP contribution in [0.25, 0.3) is 0 Å². The van der Waals surface area contributed by atoms with Crippen molar-refractivity contribution in [3.8, 4) is 5.75 Å². The maximum atomic E-state index is 12.6. The summed E-state index contributed by atoms with van der Waals surface area (Å²) in [4.78, 5) is 0. The molecule has 0 saturated heterocycles. The monoisotopic (exact) mass is 219 g/mol. The molecule has 0 heterocycles. The van der Waals surface area contributed by atoms with Crippen molar-refractivity contribution in [1.29, 1.82) is 0 Å². The Morgan fingerprint density at radius 3 is 2.86 bits per heavy atom. The van der Waals surface area contributed by atoms with Gasteiger partial charge in [0.2, 0.25) is 0 Å². The summed E-state index contributed by atoms with van der Waals surface area (Å²) in [5, 5.41) is 8.82. The predicted molar refractivity (Wildman–Crippen MR) is 52.0 cm³/mol. The fourth-order valence-corrected chi connectivity index (χ4v) is 1.06. The summed E-state index contributed by atoms with van der Waals surface area (Å²) < 4.78 is 17.8. The van der Waals surface area contributed by atoms with E-state index in [9.17, 15) is 4.39 Å². The van der Waals surface area contributed by atoms with Gasteiger partial charge in [-0.3, -0.25) is 0 Å². The van der Waals surface area contributed by atoms with Crippen LogP contribution < -0.4 is 10.5 Å². The van der Waals surface area contributed by atoms with Gasteiger partial charge in [-0.05, 0) is 18.2 Å². The van der Waals surface area contributed by atoms with Gasteiger partial charge in [-0.25, -0.2) is 4.39 Å². The van der Waals surface area contributed by atoms with Crippen molar-refractivity contribution in [3.05, 3.63) is 29.0 Å². The lowest BCUT2D eigenvalue weighted by Gasteiger charge is -2.11. The summed E-state index contributed by atoms with van der Waals surface area (Å²) in [6.45, 7) is -0.0271. The Balaban J connectivity index is 2.59. The molecule has 0 amide bonds. The zero-order valence-corrected chi connectivity index (χ0v) is 8.17. The van der Waals surface area contributed by atoms with Crippen LogP contribution in [-0.2, 0) is 0 Å². The normalized spacial score (nSPS) is 12.6. The third-order valence-electron chi connectivity index (χ3n) is 1.58. The molecule has 0 fully saturated rings. The van der Waals surface area contributed by atoms with Crippen molar-refractivity contribution < 1.29 is 14.2 Å². The maximum Gasteiger partial charge on any atom is 0.138 e. The molecule has 5 heteroatoms. The highest BCUT2D eigenvalue weighted by molar-refractivity contribution is 6.32. The van der Waals surface area contributed by atoms with Crippen LogP contribution >= 0.6 is 11.6 Å². The van der Waals surface area contributed by atoms with Gasteiger partial charge >= 0.3 is 0 Å². The number of aliphatic hydroxyl groups excluding tert-OH is 1. The fraction of sp³-hybridized carbons (Fsp3) is 0.333. The Bertz CT molecular complexity index is 309. The van der Waals surface area contributed by atoms with Gasteiger partial charge < -0.3 is 15.6 Å². The largest absolute Gasteiger partial charge is 0.490 e. The first kappa shape index (κ1) is 11.2. The lowest BCUT2D eigenvalue weighted by molar-refractivity contribution is 0.206. The average molecular weight is 220 g/mol. The molecule has 0 bridgehead atoms. The molecule has 3 nitrogen and oxygen atoms in total. The van der Waals surface area contributed by atoms with Crippen LogP contribution in [0.2, 0.25) is 5.02 Å². The molecular formula is C9H11ClFNO2. The van der Waals surface area contributed by atoms with Crippen molar-refractivity contribution in [2.75, 3.05) is 13.2 Å². The third-order valence-corrected chi connectivity index (χ3v) is 1.88. The highest BCUT2D eigenvalue weighted by atomic mass is 35.5. The number of hydrogen-bond acceptors (Lipinski definition) is 3. The second-order valence-corrected chi connectivity index (χ2v) is 3.24. The van der Waals surface area contributed by atoms with Crippen LogP contribution in [-0.4, -0.2) is 24.4 Å². The first-order valence-electron chi connectivity index (χ1n) is 4.07. The number of rotatable bonds is 4. The molecule has 3 N–H and O–H groups in total. The zero-order chi connectivity index (χ0) is 10.6. The van der Waals surface area contributed by atoms with E-state index in [1.165, 1.54) is 12.1 Å². The summed E-state index contributed by atoms with van der Waals surface area (Å²) in [7, 11) is 0. The van der Waals surface area contributed by atoms with Gasteiger partial charge in [-0.15, -0.1) is 0 Å². The molecule has 0 aromatic heterocycles. The van der Waals surface area contributed by atoms with Crippen molar-refractivity contribution in [2.45, 2.75) is 6.04 Å². The second kappa shape index (κ2) is 5.14. The topological polar surface area (TPSA) is 55.5 Å². The molecule has 0 aliphatic rings. The summed E-state index contributed by atoms with van der Waals surface area (Å²) in [6.07, 6.45) is 0. The SMILES string of the molecule is NC(CO)COc1ccc(F)cc1Cl. The molecule has 0 aliphatic heterocycles. The summed E-state index contributed by atoms with van der Waals surface area (Å²) in [5.41, 5.74) is 5.41. The number of ether oxygens (including phenoxy) is 1. The second-order valence-electron chi connectivity index (χ2n) is 2.83. The Labute approximate surface area is 86.2 Å². The van der Waals surface area contributed by atoms with E-state index in [1.54, 1.807) is 0 Å². The minimum atomic E-state index is -0.462. The third kappa shape index (κ3) is 3.14. The van der Waals surface area contributed by atoms with Crippen molar-refractivity contribution in [2.24, 2.45) is 5.73 Å². The fourth-order valence-electron chi connectivity index (χ4n) is 0.842. The van der Waals surface area contributed by atoms with Gasteiger partial charge in [0.15, 0.2) is 0 Å². The van der Waals surface area contributed by atoms with Gasteiger partial charge in [-0.1, -0.05) is 11.6 Å². The minimum absolute atomic E-state index is 0.141. The number of benzene rings is 1. The lowest BCUT2D eigenvalue weighted by Crippen LogP contribution is -2.31.